The van der Waals surface area contributed by atoms with Gasteiger partial charge in [-0.1, -0.05) is 0 Å². The molecule has 0 amide bonds. The number of hydrogen-bond donors (Lipinski definition) is 1. The van der Waals surface area contributed by atoms with Gasteiger partial charge in [-0.25, -0.2) is 0 Å². The Kier molecular flexibility index (Phi) is 1.90. The fraction of sp³-hybridized carbons (Fsp3) is 1.00. The summed E-state index contributed by atoms with van der Waals surface area (Å²) in [5.41, 5.74) is 0. The molecule has 2 aliphatic rings. The van der Waals surface area contributed by atoms with Crippen LogP contribution in [-0.2, 0) is 0 Å². The highest BCUT2D eigenvalue weighted by Gasteiger charge is 2.44. The molecule has 0 atom stereocenters. The van der Waals surface area contributed by atoms with Crippen molar-refractivity contribution in [3.63, 3.8) is 0 Å². The first-order valence-electron chi connectivity index (χ1n) is 4.20. The van der Waals surface area contributed by atoms with E-state index in [1.807, 2.05) is 11.8 Å². The van der Waals surface area contributed by atoms with Crippen molar-refractivity contribution in [3.05, 3.63) is 0 Å². The van der Waals surface area contributed by atoms with Crippen molar-refractivity contribution in [1.82, 2.24) is 4.90 Å². The summed E-state index contributed by atoms with van der Waals surface area (Å²) in [7, 11) is 0. The van der Waals surface area contributed by atoms with Gasteiger partial charge in [0.1, 0.15) is 0 Å². The third-order valence-corrected chi connectivity index (χ3v) is 4.09. The highest BCUT2D eigenvalue weighted by Crippen LogP contribution is 2.48. The highest BCUT2D eigenvalue weighted by molar-refractivity contribution is 8.00. The van der Waals surface area contributed by atoms with E-state index >= 15 is 0 Å². The van der Waals surface area contributed by atoms with E-state index in [4.69, 9.17) is 5.11 Å². The van der Waals surface area contributed by atoms with Crippen LogP contribution in [0.2, 0.25) is 0 Å². The molecule has 0 unspecified atom stereocenters. The zero-order valence-corrected chi connectivity index (χ0v) is 7.73. The molecule has 1 N–H and O–H groups in total. The van der Waals surface area contributed by atoms with Crippen molar-refractivity contribution in [2.75, 3.05) is 25.9 Å². The first kappa shape index (κ1) is 7.90. The van der Waals surface area contributed by atoms with Crippen molar-refractivity contribution >= 4 is 11.8 Å². The maximum atomic E-state index is 9.06. The number of aliphatic hydroxyl groups excluding tert-OH is 1. The zero-order chi connectivity index (χ0) is 7.90. The molecule has 2 fully saturated rings. The maximum absolute atomic E-state index is 9.06. The van der Waals surface area contributed by atoms with Gasteiger partial charge in [-0.3, -0.25) is 4.90 Å². The van der Waals surface area contributed by atoms with Crippen LogP contribution < -0.4 is 0 Å². The number of nitrogens with zero attached hydrogens (tertiary/aromatic N) is 1. The highest BCUT2D eigenvalue weighted by atomic mass is 32.2. The molecule has 0 aromatic rings. The monoisotopic (exact) mass is 173 g/mol. The quantitative estimate of drug-likeness (QED) is 0.674. The second kappa shape index (κ2) is 2.64. The van der Waals surface area contributed by atoms with Gasteiger partial charge in [0.15, 0.2) is 0 Å². The van der Waals surface area contributed by atoms with E-state index < -0.39 is 0 Å². The predicted octanol–water partition coefficient (Wildman–Crippen LogP) is 0.559. The van der Waals surface area contributed by atoms with Crippen molar-refractivity contribution < 1.29 is 5.11 Å². The zero-order valence-electron chi connectivity index (χ0n) is 6.92. The van der Waals surface area contributed by atoms with E-state index in [9.17, 15) is 0 Å². The minimum Gasteiger partial charge on any atom is -0.390 e. The van der Waals surface area contributed by atoms with Crippen molar-refractivity contribution in [2.45, 2.75) is 23.7 Å². The fourth-order valence-corrected chi connectivity index (χ4v) is 2.47. The number of hydrogen-bond acceptors (Lipinski definition) is 3. The minimum atomic E-state index is -0.0346. The number of β-amino-alcohol motifs (C(OH)–C–C–N with tert-alkyl or cyclic N) is 1. The number of rotatable bonds is 3. The molecule has 0 radical (unpaired) electrons. The average molecular weight is 173 g/mol. The fourth-order valence-electron chi connectivity index (χ4n) is 1.65. The molecule has 1 saturated heterocycles. The lowest BCUT2D eigenvalue weighted by Gasteiger charge is -2.38. The van der Waals surface area contributed by atoms with Crippen LogP contribution in [0.15, 0.2) is 0 Å². The first-order valence-corrected chi connectivity index (χ1v) is 5.42. The van der Waals surface area contributed by atoms with Crippen LogP contribution in [0.25, 0.3) is 0 Å². The summed E-state index contributed by atoms with van der Waals surface area (Å²) in [4.78, 5) is 2.36. The Morgan fingerprint density at radius 1 is 1.55 bits per heavy atom. The lowest BCUT2D eigenvalue weighted by molar-refractivity contribution is 0.00170. The second-order valence-electron chi connectivity index (χ2n) is 3.74. The predicted molar refractivity (Wildman–Crippen MR) is 47.9 cm³/mol. The van der Waals surface area contributed by atoms with Crippen molar-refractivity contribution in [2.24, 2.45) is 0 Å². The van der Waals surface area contributed by atoms with Gasteiger partial charge in [-0.15, -0.1) is 0 Å². The van der Waals surface area contributed by atoms with E-state index in [1.165, 1.54) is 19.4 Å². The third-order valence-electron chi connectivity index (χ3n) is 2.69. The Hall–Kier alpha value is 0.270. The average Bonchev–Trinajstić information content (AvgIpc) is 2.66. The summed E-state index contributed by atoms with van der Waals surface area (Å²) >= 11 is 1.99. The first-order chi connectivity index (χ1) is 5.24. The minimum absolute atomic E-state index is 0.0346. The van der Waals surface area contributed by atoms with Gasteiger partial charge in [-0.05, 0) is 19.1 Å². The van der Waals surface area contributed by atoms with Gasteiger partial charge in [0.2, 0.25) is 0 Å². The molecule has 1 aliphatic carbocycles. The van der Waals surface area contributed by atoms with Crippen LogP contribution in [0, 0.1) is 0 Å². The lowest BCUT2D eigenvalue weighted by Crippen LogP contribution is -2.53. The largest absolute Gasteiger partial charge is 0.390 e. The lowest BCUT2D eigenvalue weighted by atomic mass is 10.1. The van der Waals surface area contributed by atoms with Crippen LogP contribution >= 0.6 is 11.8 Å². The Balaban J connectivity index is 1.74. The van der Waals surface area contributed by atoms with Crippen molar-refractivity contribution in [1.29, 1.82) is 0 Å². The summed E-state index contributed by atoms with van der Waals surface area (Å²) in [6.07, 6.45) is 4.91. The molecule has 0 aromatic carbocycles. The summed E-state index contributed by atoms with van der Waals surface area (Å²) in [5, 5.41) is 9.06. The Morgan fingerprint density at radius 2 is 2.18 bits per heavy atom. The molecular weight excluding hydrogens is 158 g/mol. The molecular formula is C8H15NOS. The third kappa shape index (κ3) is 1.55. The molecule has 0 spiro atoms. The van der Waals surface area contributed by atoms with Gasteiger partial charge < -0.3 is 5.11 Å². The SMILES string of the molecule is CSC1(CN2CC(O)C2)CC1. The summed E-state index contributed by atoms with van der Waals surface area (Å²) in [6, 6.07) is 0. The molecule has 2 nitrogen and oxygen atoms in total. The number of aliphatic hydroxyl groups is 1. The number of likely N-dealkylation sites (tertiary alicyclic amines) is 1. The van der Waals surface area contributed by atoms with Gasteiger partial charge >= 0.3 is 0 Å². The molecule has 3 heteroatoms. The second-order valence-corrected chi connectivity index (χ2v) is 5.01. The van der Waals surface area contributed by atoms with Gasteiger partial charge in [0, 0.05) is 24.4 Å². The molecule has 0 aromatic heterocycles. The van der Waals surface area contributed by atoms with Crippen LogP contribution in [0.1, 0.15) is 12.8 Å². The maximum Gasteiger partial charge on any atom is 0.0793 e. The molecule has 1 saturated carbocycles. The molecule has 0 bridgehead atoms. The molecule has 11 heavy (non-hydrogen) atoms. The molecule has 1 heterocycles. The Labute approximate surface area is 72.0 Å². The smallest absolute Gasteiger partial charge is 0.0793 e. The Morgan fingerprint density at radius 3 is 2.55 bits per heavy atom. The Bertz CT molecular complexity index is 152. The van der Waals surface area contributed by atoms with E-state index in [2.05, 4.69) is 11.2 Å². The molecule has 1 aliphatic heterocycles. The van der Waals surface area contributed by atoms with Crippen molar-refractivity contribution in [3.8, 4) is 0 Å². The van der Waals surface area contributed by atoms with Gasteiger partial charge in [0.25, 0.3) is 0 Å². The van der Waals surface area contributed by atoms with Gasteiger partial charge in [-0.2, -0.15) is 11.8 Å². The molecule has 64 valence electrons. The molecule has 2 rings (SSSR count). The summed E-state index contributed by atoms with van der Waals surface area (Å²) in [5.74, 6) is 0. The van der Waals surface area contributed by atoms with E-state index in [0.717, 1.165) is 13.1 Å². The van der Waals surface area contributed by atoms with E-state index in [0.29, 0.717) is 4.75 Å². The summed E-state index contributed by atoms with van der Waals surface area (Å²) < 4.78 is 0.583. The van der Waals surface area contributed by atoms with E-state index in [1.54, 1.807) is 0 Å². The van der Waals surface area contributed by atoms with Crippen LogP contribution in [0.3, 0.4) is 0 Å². The van der Waals surface area contributed by atoms with Crippen LogP contribution in [0.4, 0.5) is 0 Å². The summed E-state index contributed by atoms with van der Waals surface area (Å²) in [6.45, 7) is 3.01. The van der Waals surface area contributed by atoms with E-state index in [-0.39, 0.29) is 6.10 Å². The number of thioether (sulfide) groups is 1. The van der Waals surface area contributed by atoms with Crippen LogP contribution in [0.5, 0.6) is 0 Å². The van der Waals surface area contributed by atoms with Gasteiger partial charge in [0.05, 0.1) is 6.10 Å². The normalized spacial score (nSPS) is 30.0. The standard InChI is InChI=1S/C8H15NOS/c1-11-8(2-3-8)6-9-4-7(10)5-9/h7,10H,2-6H2,1H3. The topological polar surface area (TPSA) is 23.5 Å². The van der Waals surface area contributed by atoms with Crippen LogP contribution in [-0.4, -0.2) is 46.7 Å².